The highest BCUT2D eigenvalue weighted by molar-refractivity contribution is 5.49. The van der Waals surface area contributed by atoms with Crippen LogP contribution < -0.4 is 10.1 Å². The van der Waals surface area contributed by atoms with Crippen LogP contribution in [-0.2, 0) is 11.3 Å². The summed E-state index contributed by atoms with van der Waals surface area (Å²) in [6, 6.07) is 12.5. The lowest BCUT2D eigenvalue weighted by atomic mass is 9.89. The summed E-state index contributed by atoms with van der Waals surface area (Å²) < 4.78 is 11.6. The van der Waals surface area contributed by atoms with Crippen molar-refractivity contribution in [3.63, 3.8) is 0 Å². The molecule has 2 aromatic rings. The van der Waals surface area contributed by atoms with Gasteiger partial charge in [-0.15, -0.1) is 0 Å². The van der Waals surface area contributed by atoms with Crippen molar-refractivity contribution in [1.82, 2.24) is 4.98 Å². The summed E-state index contributed by atoms with van der Waals surface area (Å²) in [5.41, 5.74) is 2.17. The molecule has 1 N–H and O–H groups in total. The Bertz CT molecular complexity index is 610. The summed E-state index contributed by atoms with van der Waals surface area (Å²) in [5.74, 6) is 0.869. The van der Waals surface area contributed by atoms with Gasteiger partial charge < -0.3 is 14.8 Å². The van der Waals surface area contributed by atoms with Gasteiger partial charge in [-0.2, -0.15) is 0 Å². The van der Waals surface area contributed by atoms with E-state index in [0.717, 1.165) is 29.8 Å². The second-order valence-corrected chi connectivity index (χ2v) is 6.30. The fourth-order valence-corrected chi connectivity index (χ4v) is 2.74. The predicted molar refractivity (Wildman–Crippen MR) is 91.7 cm³/mol. The minimum Gasteiger partial charge on any atom is -0.489 e. The first-order valence-electron chi connectivity index (χ1n) is 8.23. The van der Waals surface area contributed by atoms with E-state index in [-0.39, 0.29) is 0 Å². The molecule has 1 fully saturated rings. The highest BCUT2D eigenvalue weighted by atomic mass is 16.5. The second kappa shape index (κ2) is 7.47. The molecule has 1 aromatic heterocycles. The van der Waals surface area contributed by atoms with Crippen molar-refractivity contribution in [2.45, 2.75) is 51.5 Å². The highest BCUT2D eigenvalue weighted by Gasteiger charge is 2.30. The molecule has 4 nitrogen and oxygen atoms in total. The van der Waals surface area contributed by atoms with Gasteiger partial charge in [-0.3, -0.25) is 4.98 Å². The van der Waals surface area contributed by atoms with E-state index in [1.807, 2.05) is 36.5 Å². The van der Waals surface area contributed by atoms with Crippen molar-refractivity contribution in [1.29, 1.82) is 0 Å². The standard InChI is InChI=1S/C19H24N2O2/c1-14(2)23-19-10-17(11-19)21-16-6-3-7-18(9-16)22-13-15-5-4-8-20-12-15/h3-9,12,14,17,19,21H,10-11,13H2,1-2H3. The smallest absolute Gasteiger partial charge is 0.121 e. The molecule has 0 amide bonds. The number of hydrogen-bond acceptors (Lipinski definition) is 4. The zero-order valence-electron chi connectivity index (χ0n) is 13.7. The number of pyridine rings is 1. The maximum Gasteiger partial charge on any atom is 0.121 e. The van der Waals surface area contributed by atoms with Crippen LogP contribution in [0.5, 0.6) is 5.75 Å². The summed E-state index contributed by atoms with van der Waals surface area (Å²) in [6.07, 6.45) is 6.44. The summed E-state index contributed by atoms with van der Waals surface area (Å²) in [5, 5.41) is 3.55. The fraction of sp³-hybridized carbons (Fsp3) is 0.421. The summed E-state index contributed by atoms with van der Waals surface area (Å²) >= 11 is 0. The largest absolute Gasteiger partial charge is 0.489 e. The molecule has 1 heterocycles. The SMILES string of the molecule is CC(C)OC1CC(Nc2cccc(OCc3cccnc3)c2)C1. The van der Waals surface area contributed by atoms with Crippen LogP contribution in [-0.4, -0.2) is 23.2 Å². The molecule has 0 unspecified atom stereocenters. The third-order valence-electron chi connectivity index (χ3n) is 3.89. The average molecular weight is 312 g/mol. The Hall–Kier alpha value is -2.07. The molecule has 3 rings (SSSR count). The Morgan fingerprint density at radius 3 is 2.83 bits per heavy atom. The molecule has 0 saturated heterocycles. The van der Waals surface area contributed by atoms with E-state index in [4.69, 9.17) is 9.47 Å². The maximum absolute atomic E-state index is 5.84. The van der Waals surface area contributed by atoms with Crippen molar-refractivity contribution in [2.75, 3.05) is 5.32 Å². The van der Waals surface area contributed by atoms with E-state index in [1.165, 1.54) is 0 Å². The van der Waals surface area contributed by atoms with Gasteiger partial charge in [0.25, 0.3) is 0 Å². The molecular weight excluding hydrogens is 288 g/mol. The van der Waals surface area contributed by atoms with E-state index >= 15 is 0 Å². The van der Waals surface area contributed by atoms with Crippen molar-refractivity contribution in [3.05, 3.63) is 54.4 Å². The monoisotopic (exact) mass is 312 g/mol. The average Bonchev–Trinajstić information content (AvgIpc) is 2.52. The topological polar surface area (TPSA) is 43.4 Å². The zero-order valence-corrected chi connectivity index (χ0v) is 13.7. The lowest BCUT2D eigenvalue weighted by Gasteiger charge is -2.37. The molecule has 0 radical (unpaired) electrons. The second-order valence-electron chi connectivity index (χ2n) is 6.30. The number of aromatic nitrogens is 1. The summed E-state index contributed by atoms with van der Waals surface area (Å²) in [6.45, 7) is 4.71. The first-order valence-corrected chi connectivity index (χ1v) is 8.23. The maximum atomic E-state index is 5.84. The molecule has 4 heteroatoms. The number of rotatable bonds is 7. The molecule has 1 aromatic carbocycles. The van der Waals surface area contributed by atoms with Crippen LogP contribution in [0.2, 0.25) is 0 Å². The normalized spacial score (nSPS) is 20.1. The zero-order chi connectivity index (χ0) is 16.1. The van der Waals surface area contributed by atoms with E-state index < -0.39 is 0 Å². The lowest BCUT2D eigenvalue weighted by molar-refractivity contribution is -0.0400. The number of ether oxygens (including phenoxy) is 2. The molecule has 0 aliphatic heterocycles. The lowest BCUT2D eigenvalue weighted by Crippen LogP contribution is -2.41. The number of anilines is 1. The minimum atomic E-state index is 0.310. The number of hydrogen-bond donors (Lipinski definition) is 1. The molecule has 0 spiro atoms. The van der Waals surface area contributed by atoms with Crippen molar-refractivity contribution >= 4 is 5.69 Å². The van der Waals surface area contributed by atoms with Gasteiger partial charge in [0.05, 0.1) is 12.2 Å². The van der Waals surface area contributed by atoms with Crippen molar-refractivity contribution in [3.8, 4) is 5.75 Å². The van der Waals surface area contributed by atoms with Gasteiger partial charge in [-0.25, -0.2) is 0 Å². The molecule has 122 valence electrons. The number of nitrogens with zero attached hydrogens (tertiary/aromatic N) is 1. The van der Waals surface area contributed by atoms with Crippen LogP contribution in [0.1, 0.15) is 32.3 Å². The predicted octanol–water partition coefficient (Wildman–Crippen LogP) is 4.03. The quantitative estimate of drug-likeness (QED) is 0.838. The van der Waals surface area contributed by atoms with Crippen LogP contribution in [0.3, 0.4) is 0 Å². The molecular formula is C19H24N2O2. The van der Waals surface area contributed by atoms with Gasteiger partial charge in [0, 0.05) is 35.8 Å². The highest BCUT2D eigenvalue weighted by Crippen LogP contribution is 2.29. The Morgan fingerprint density at radius 1 is 1.22 bits per heavy atom. The fourth-order valence-electron chi connectivity index (χ4n) is 2.74. The van der Waals surface area contributed by atoms with Crippen LogP contribution >= 0.6 is 0 Å². The molecule has 0 bridgehead atoms. The summed E-state index contributed by atoms with van der Waals surface area (Å²) in [4.78, 5) is 4.10. The van der Waals surface area contributed by atoms with Crippen LogP contribution in [0.15, 0.2) is 48.8 Å². The van der Waals surface area contributed by atoms with Gasteiger partial charge >= 0.3 is 0 Å². The third-order valence-corrected chi connectivity index (χ3v) is 3.89. The Labute approximate surface area is 137 Å². The van der Waals surface area contributed by atoms with Crippen LogP contribution in [0.4, 0.5) is 5.69 Å². The van der Waals surface area contributed by atoms with E-state index in [2.05, 4.69) is 30.2 Å². The first-order chi connectivity index (χ1) is 11.2. The molecule has 23 heavy (non-hydrogen) atoms. The van der Waals surface area contributed by atoms with Crippen LogP contribution in [0.25, 0.3) is 0 Å². The van der Waals surface area contributed by atoms with Gasteiger partial charge in [0.1, 0.15) is 12.4 Å². The third kappa shape index (κ3) is 4.70. The van der Waals surface area contributed by atoms with Gasteiger partial charge in [-0.1, -0.05) is 12.1 Å². The van der Waals surface area contributed by atoms with E-state index in [1.54, 1.807) is 6.20 Å². The molecule has 1 aliphatic rings. The molecule has 1 saturated carbocycles. The van der Waals surface area contributed by atoms with Crippen LogP contribution in [0, 0.1) is 0 Å². The Morgan fingerprint density at radius 2 is 2.09 bits per heavy atom. The number of benzene rings is 1. The minimum absolute atomic E-state index is 0.310. The van der Waals surface area contributed by atoms with E-state index in [0.29, 0.717) is 24.9 Å². The number of nitrogens with one attached hydrogen (secondary N) is 1. The van der Waals surface area contributed by atoms with Crippen molar-refractivity contribution in [2.24, 2.45) is 0 Å². The molecule has 0 atom stereocenters. The first kappa shape index (κ1) is 15.8. The van der Waals surface area contributed by atoms with Crippen molar-refractivity contribution < 1.29 is 9.47 Å². The Kier molecular flexibility index (Phi) is 5.13. The van der Waals surface area contributed by atoms with Gasteiger partial charge in [-0.05, 0) is 44.9 Å². The van der Waals surface area contributed by atoms with Gasteiger partial charge in [0.2, 0.25) is 0 Å². The van der Waals surface area contributed by atoms with Gasteiger partial charge in [0.15, 0.2) is 0 Å². The molecule has 1 aliphatic carbocycles. The van der Waals surface area contributed by atoms with E-state index in [9.17, 15) is 0 Å². The summed E-state index contributed by atoms with van der Waals surface area (Å²) in [7, 11) is 0. The Balaban J connectivity index is 1.48.